The number of rotatable bonds is 4. The average Bonchev–Trinajstić information content (AvgIpc) is 2.25. The van der Waals surface area contributed by atoms with Crippen LogP contribution in [0.5, 0.6) is 5.75 Å². The summed E-state index contributed by atoms with van der Waals surface area (Å²) in [5.41, 5.74) is 6.63. The van der Waals surface area contributed by atoms with Crippen LogP contribution in [0.3, 0.4) is 0 Å². The van der Waals surface area contributed by atoms with Crippen LogP contribution in [-0.2, 0) is 10.2 Å². The maximum atomic E-state index is 10.5. The van der Waals surface area contributed by atoms with Gasteiger partial charge in [0.25, 0.3) is 0 Å². The Bertz CT molecular complexity index is 379. The van der Waals surface area contributed by atoms with Crippen molar-refractivity contribution in [1.29, 1.82) is 0 Å². The largest absolute Gasteiger partial charge is 0.491 e. The fraction of sp³-hybridized carbons (Fsp3) is 0.462. The Balaban J connectivity index is 2.60. The fourth-order valence-corrected chi connectivity index (χ4v) is 1.31. The Hall–Kier alpha value is -1.55. The van der Waals surface area contributed by atoms with Gasteiger partial charge >= 0.3 is 5.97 Å². The number of aliphatic carboxylic acids is 1. The van der Waals surface area contributed by atoms with E-state index in [-0.39, 0.29) is 12.0 Å². The van der Waals surface area contributed by atoms with Crippen molar-refractivity contribution in [2.45, 2.75) is 32.2 Å². The van der Waals surface area contributed by atoms with Crippen molar-refractivity contribution in [3.05, 3.63) is 29.8 Å². The summed E-state index contributed by atoms with van der Waals surface area (Å²) < 4.78 is 5.29. The van der Waals surface area contributed by atoms with E-state index in [9.17, 15) is 4.79 Å². The van der Waals surface area contributed by atoms with Gasteiger partial charge in [0, 0.05) is 0 Å². The summed E-state index contributed by atoms with van der Waals surface area (Å²) in [7, 11) is 0. The molecule has 0 aliphatic rings. The lowest BCUT2D eigenvalue weighted by Crippen LogP contribution is -2.36. The molecule has 0 spiro atoms. The molecule has 0 bridgehead atoms. The van der Waals surface area contributed by atoms with Crippen LogP contribution in [0, 0.1) is 0 Å². The molecule has 4 nitrogen and oxygen atoms in total. The number of carbonyl (C=O) groups is 1. The van der Waals surface area contributed by atoms with E-state index in [4.69, 9.17) is 15.6 Å². The first-order valence-electron chi connectivity index (χ1n) is 5.52. The van der Waals surface area contributed by atoms with Gasteiger partial charge < -0.3 is 15.6 Å². The number of ether oxygens (including phenoxy) is 1. The van der Waals surface area contributed by atoms with Crippen LogP contribution in [0.1, 0.15) is 26.3 Å². The lowest BCUT2D eigenvalue weighted by molar-refractivity contribution is -0.139. The third-order valence-electron chi connectivity index (χ3n) is 2.47. The molecule has 17 heavy (non-hydrogen) atoms. The monoisotopic (exact) mass is 237 g/mol. The average molecular weight is 237 g/mol. The standard InChI is InChI=1S/C13H19NO3/c1-13(2,3)9-4-6-10(7-5-9)17-8-11(14)12(15)16/h4-7,11H,8,14H2,1-3H3,(H,15,16)/t11-/m0/s1. The first kappa shape index (κ1) is 13.5. The first-order valence-corrected chi connectivity index (χ1v) is 5.52. The van der Waals surface area contributed by atoms with Gasteiger partial charge in [-0.25, -0.2) is 0 Å². The second-order valence-corrected chi connectivity index (χ2v) is 5.03. The smallest absolute Gasteiger partial charge is 0.324 e. The van der Waals surface area contributed by atoms with Crippen molar-refractivity contribution in [3.63, 3.8) is 0 Å². The summed E-state index contributed by atoms with van der Waals surface area (Å²) in [5.74, 6) is -0.425. The molecule has 4 heteroatoms. The van der Waals surface area contributed by atoms with E-state index in [0.717, 1.165) is 0 Å². The minimum absolute atomic E-state index is 0.0236. The van der Waals surface area contributed by atoms with Gasteiger partial charge in [-0.15, -0.1) is 0 Å². The molecule has 0 aliphatic heterocycles. The number of hydrogen-bond donors (Lipinski definition) is 2. The summed E-state index contributed by atoms with van der Waals surface area (Å²) in [6, 6.07) is 6.62. The van der Waals surface area contributed by atoms with Crippen molar-refractivity contribution in [3.8, 4) is 5.75 Å². The van der Waals surface area contributed by atoms with Crippen LogP contribution < -0.4 is 10.5 Å². The molecule has 0 radical (unpaired) electrons. The highest BCUT2D eigenvalue weighted by Gasteiger charge is 2.14. The SMILES string of the molecule is CC(C)(C)c1ccc(OC[C@H](N)C(=O)O)cc1. The van der Waals surface area contributed by atoms with Crippen molar-refractivity contribution in [2.75, 3.05) is 6.61 Å². The van der Waals surface area contributed by atoms with Gasteiger partial charge in [0.05, 0.1) is 0 Å². The zero-order valence-corrected chi connectivity index (χ0v) is 10.4. The van der Waals surface area contributed by atoms with E-state index < -0.39 is 12.0 Å². The molecule has 1 aromatic rings. The molecular weight excluding hydrogens is 218 g/mol. The van der Waals surface area contributed by atoms with Crippen LogP contribution in [-0.4, -0.2) is 23.7 Å². The number of carboxylic acid groups (broad SMARTS) is 1. The van der Waals surface area contributed by atoms with Crippen LogP contribution in [0.2, 0.25) is 0 Å². The summed E-state index contributed by atoms with van der Waals surface area (Å²) in [4.78, 5) is 10.5. The summed E-state index contributed by atoms with van der Waals surface area (Å²) in [5, 5.41) is 8.61. The Kier molecular flexibility index (Phi) is 4.12. The predicted octanol–water partition coefficient (Wildman–Crippen LogP) is 1.77. The zero-order chi connectivity index (χ0) is 13.1. The van der Waals surface area contributed by atoms with Crippen molar-refractivity contribution in [2.24, 2.45) is 5.73 Å². The maximum Gasteiger partial charge on any atom is 0.324 e. The maximum absolute atomic E-state index is 10.5. The highest BCUT2D eigenvalue weighted by atomic mass is 16.5. The minimum Gasteiger partial charge on any atom is -0.491 e. The lowest BCUT2D eigenvalue weighted by Gasteiger charge is -2.19. The van der Waals surface area contributed by atoms with Gasteiger partial charge in [-0.3, -0.25) is 4.79 Å². The number of benzene rings is 1. The highest BCUT2D eigenvalue weighted by Crippen LogP contribution is 2.24. The van der Waals surface area contributed by atoms with E-state index in [2.05, 4.69) is 20.8 Å². The summed E-state index contributed by atoms with van der Waals surface area (Å²) >= 11 is 0. The number of nitrogens with two attached hydrogens (primary N) is 1. The Morgan fingerprint density at radius 2 is 1.88 bits per heavy atom. The molecule has 0 aliphatic carbocycles. The quantitative estimate of drug-likeness (QED) is 0.837. The van der Waals surface area contributed by atoms with Crippen LogP contribution in [0.15, 0.2) is 24.3 Å². The van der Waals surface area contributed by atoms with Gasteiger partial charge in [0.1, 0.15) is 18.4 Å². The van der Waals surface area contributed by atoms with Crippen molar-refractivity contribution in [1.82, 2.24) is 0 Å². The first-order chi connectivity index (χ1) is 7.80. The molecule has 1 aromatic carbocycles. The van der Waals surface area contributed by atoms with E-state index in [1.165, 1.54) is 5.56 Å². The molecule has 0 amide bonds. The molecule has 0 saturated carbocycles. The molecule has 1 atom stereocenters. The summed E-state index contributed by atoms with van der Waals surface area (Å²) in [6.45, 7) is 6.36. The topological polar surface area (TPSA) is 72.5 Å². The van der Waals surface area contributed by atoms with Crippen molar-refractivity contribution < 1.29 is 14.6 Å². The number of carboxylic acids is 1. The van der Waals surface area contributed by atoms with Gasteiger partial charge in [-0.1, -0.05) is 32.9 Å². The van der Waals surface area contributed by atoms with Crippen molar-refractivity contribution >= 4 is 5.97 Å². The predicted molar refractivity (Wildman–Crippen MR) is 66.2 cm³/mol. The third kappa shape index (κ3) is 4.07. The summed E-state index contributed by atoms with van der Waals surface area (Å²) in [6.07, 6.45) is 0. The third-order valence-corrected chi connectivity index (χ3v) is 2.47. The van der Waals surface area contributed by atoms with Gasteiger partial charge in [-0.2, -0.15) is 0 Å². The molecule has 94 valence electrons. The Morgan fingerprint density at radius 1 is 1.35 bits per heavy atom. The molecule has 3 N–H and O–H groups in total. The fourth-order valence-electron chi connectivity index (χ4n) is 1.31. The molecule has 0 aromatic heterocycles. The molecule has 0 heterocycles. The van der Waals surface area contributed by atoms with Gasteiger partial charge in [0.2, 0.25) is 0 Å². The second-order valence-electron chi connectivity index (χ2n) is 5.03. The molecule has 1 rings (SSSR count). The molecule has 0 saturated heterocycles. The zero-order valence-electron chi connectivity index (χ0n) is 10.4. The van der Waals surface area contributed by atoms with Gasteiger partial charge in [0.15, 0.2) is 0 Å². The minimum atomic E-state index is -1.06. The molecule has 0 unspecified atom stereocenters. The number of hydrogen-bond acceptors (Lipinski definition) is 3. The van der Waals surface area contributed by atoms with Crippen LogP contribution >= 0.6 is 0 Å². The Morgan fingerprint density at radius 3 is 2.29 bits per heavy atom. The normalized spacial score (nSPS) is 13.2. The highest BCUT2D eigenvalue weighted by molar-refractivity contribution is 5.73. The van der Waals surface area contributed by atoms with Crippen LogP contribution in [0.4, 0.5) is 0 Å². The van der Waals surface area contributed by atoms with Crippen LogP contribution in [0.25, 0.3) is 0 Å². The Labute approximate surface area is 101 Å². The molecule has 0 fully saturated rings. The van der Waals surface area contributed by atoms with E-state index >= 15 is 0 Å². The van der Waals surface area contributed by atoms with Gasteiger partial charge in [-0.05, 0) is 23.1 Å². The lowest BCUT2D eigenvalue weighted by atomic mass is 9.87. The molecular formula is C13H19NO3. The second kappa shape index (κ2) is 5.19. The van der Waals surface area contributed by atoms with E-state index in [0.29, 0.717) is 5.75 Å². The van der Waals surface area contributed by atoms with E-state index in [1.54, 1.807) is 0 Å². The van der Waals surface area contributed by atoms with E-state index in [1.807, 2.05) is 24.3 Å².